The SMILES string of the molecule is CCCNCc1c(C)cc(C)nc1N1CC2CCC1C2. The molecular weight excluding hydrogens is 246 g/mol. The van der Waals surface area contributed by atoms with Gasteiger partial charge in [-0.15, -0.1) is 0 Å². The van der Waals surface area contributed by atoms with Crippen LogP contribution in [0.25, 0.3) is 0 Å². The zero-order valence-corrected chi connectivity index (χ0v) is 13.1. The van der Waals surface area contributed by atoms with Gasteiger partial charge in [-0.05, 0) is 63.6 Å². The molecule has 0 aromatic carbocycles. The number of hydrogen-bond donors (Lipinski definition) is 1. The first-order valence-electron chi connectivity index (χ1n) is 8.13. The quantitative estimate of drug-likeness (QED) is 0.835. The van der Waals surface area contributed by atoms with Crippen LogP contribution in [0.15, 0.2) is 6.07 Å². The second-order valence-corrected chi connectivity index (χ2v) is 6.54. The van der Waals surface area contributed by atoms with E-state index < -0.39 is 0 Å². The molecule has 1 aromatic rings. The summed E-state index contributed by atoms with van der Waals surface area (Å²) >= 11 is 0. The van der Waals surface area contributed by atoms with Gasteiger partial charge < -0.3 is 10.2 Å². The molecular formula is C17H27N3. The second-order valence-electron chi connectivity index (χ2n) is 6.54. The van der Waals surface area contributed by atoms with Crippen molar-refractivity contribution >= 4 is 5.82 Å². The monoisotopic (exact) mass is 273 g/mol. The van der Waals surface area contributed by atoms with Gasteiger partial charge in [-0.25, -0.2) is 4.98 Å². The van der Waals surface area contributed by atoms with Gasteiger partial charge >= 0.3 is 0 Å². The van der Waals surface area contributed by atoms with E-state index in [1.165, 1.54) is 49.2 Å². The van der Waals surface area contributed by atoms with Crippen molar-refractivity contribution in [2.24, 2.45) is 5.92 Å². The summed E-state index contributed by atoms with van der Waals surface area (Å²) < 4.78 is 0. The van der Waals surface area contributed by atoms with Gasteiger partial charge in [0.2, 0.25) is 0 Å². The van der Waals surface area contributed by atoms with Gasteiger partial charge in [0.1, 0.15) is 5.82 Å². The van der Waals surface area contributed by atoms with Crippen LogP contribution >= 0.6 is 0 Å². The molecule has 0 radical (unpaired) electrons. The Morgan fingerprint density at radius 1 is 1.35 bits per heavy atom. The zero-order chi connectivity index (χ0) is 14.1. The van der Waals surface area contributed by atoms with Crippen molar-refractivity contribution in [3.8, 4) is 0 Å². The number of pyridine rings is 1. The van der Waals surface area contributed by atoms with Crippen molar-refractivity contribution in [3.05, 3.63) is 22.9 Å². The predicted molar refractivity (Wildman–Crippen MR) is 84.2 cm³/mol. The largest absolute Gasteiger partial charge is 0.353 e. The molecule has 110 valence electrons. The molecule has 2 atom stereocenters. The Morgan fingerprint density at radius 2 is 2.20 bits per heavy atom. The number of nitrogens with zero attached hydrogens (tertiary/aromatic N) is 2. The third-order valence-corrected chi connectivity index (χ3v) is 4.86. The highest BCUT2D eigenvalue weighted by Gasteiger charge is 2.39. The average Bonchev–Trinajstić information content (AvgIpc) is 3.03. The minimum Gasteiger partial charge on any atom is -0.353 e. The number of fused-ring (bicyclic) bond motifs is 2. The van der Waals surface area contributed by atoms with Crippen LogP contribution in [0, 0.1) is 19.8 Å². The van der Waals surface area contributed by atoms with Crippen LogP contribution in [0.1, 0.15) is 49.4 Å². The maximum absolute atomic E-state index is 4.90. The van der Waals surface area contributed by atoms with E-state index in [4.69, 9.17) is 4.98 Å². The van der Waals surface area contributed by atoms with E-state index in [1.807, 2.05) is 0 Å². The highest BCUT2D eigenvalue weighted by molar-refractivity contribution is 5.53. The maximum atomic E-state index is 4.90. The second kappa shape index (κ2) is 5.72. The molecule has 2 aliphatic rings. The Hall–Kier alpha value is -1.09. The summed E-state index contributed by atoms with van der Waals surface area (Å²) in [6.07, 6.45) is 5.36. The van der Waals surface area contributed by atoms with Gasteiger partial charge in [0.25, 0.3) is 0 Å². The van der Waals surface area contributed by atoms with Crippen molar-refractivity contribution in [2.75, 3.05) is 18.0 Å². The first-order chi connectivity index (χ1) is 9.69. The molecule has 2 unspecified atom stereocenters. The van der Waals surface area contributed by atoms with Crippen LogP contribution in [0.4, 0.5) is 5.82 Å². The topological polar surface area (TPSA) is 28.2 Å². The van der Waals surface area contributed by atoms with Crippen molar-refractivity contribution in [2.45, 2.75) is 59.0 Å². The molecule has 1 aliphatic carbocycles. The predicted octanol–water partition coefficient (Wildman–Crippen LogP) is 3.19. The molecule has 0 amide bonds. The van der Waals surface area contributed by atoms with E-state index in [1.54, 1.807) is 0 Å². The highest BCUT2D eigenvalue weighted by Crippen LogP contribution is 2.41. The van der Waals surface area contributed by atoms with Crippen LogP contribution in [-0.4, -0.2) is 24.1 Å². The van der Waals surface area contributed by atoms with E-state index in [2.05, 4.69) is 37.1 Å². The normalized spacial score (nSPS) is 24.6. The lowest BCUT2D eigenvalue weighted by atomic mass is 10.1. The lowest BCUT2D eigenvalue weighted by Crippen LogP contribution is -2.34. The lowest BCUT2D eigenvalue weighted by molar-refractivity contribution is 0.547. The molecule has 2 fully saturated rings. The highest BCUT2D eigenvalue weighted by atomic mass is 15.2. The van der Waals surface area contributed by atoms with Gasteiger partial charge in [0.05, 0.1) is 0 Å². The summed E-state index contributed by atoms with van der Waals surface area (Å²) in [6.45, 7) is 9.83. The van der Waals surface area contributed by atoms with E-state index in [-0.39, 0.29) is 0 Å². The minimum atomic E-state index is 0.749. The molecule has 3 heteroatoms. The van der Waals surface area contributed by atoms with E-state index in [9.17, 15) is 0 Å². The van der Waals surface area contributed by atoms with Crippen molar-refractivity contribution in [1.82, 2.24) is 10.3 Å². The summed E-state index contributed by atoms with van der Waals surface area (Å²) in [5, 5.41) is 3.55. The van der Waals surface area contributed by atoms with E-state index in [0.717, 1.165) is 30.7 Å². The molecule has 0 spiro atoms. The molecule has 1 saturated carbocycles. The fraction of sp³-hybridized carbons (Fsp3) is 0.706. The molecule has 2 bridgehead atoms. The number of aryl methyl sites for hydroxylation is 2. The number of nitrogens with one attached hydrogen (secondary N) is 1. The van der Waals surface area contributed by atoms with E-state index >= 15 is 0 Å². The zero-order valence-electron chi connectivity index (χ0n) is 13.1. The molecule has 1 N–H and O–H groups in total. The van der Waals surface area contributed by atoms with Crippen molar-refractivity contribution < 1.29 is 0 Å². The third kappa shape index (κ3) is 2.56. The molecule has 1 saturated heterocycles. The molecule has 1 aliphatic heterocycles. The van der Waals surface area contributed by atoms with Gasteiger partial charge in [-0.1, -0.05) is 6.92 Å². The Bertz CT molecular complexity index is 483. The van der Waals surface area contributed by atoms with Crippen LogP contribution in [0.3, 0.4) is 0 Å². The van der Waals surface area contributed by atoms with Crippen molar-refractivity contribution in [3.63, 3.8) is 0 Å². The first-order valence-corrected chi connectivity index (χ1v) is 8.13. The third-order valence-electron chi connectivity index (χ3n) is 4.86. The van der Waals surface area contributed by atoms with Crippen LogP contribution < -0.4 is 10.2 Å². The maximum Gasteiger partial charge on any atom is 0.133 e. The Morgan fingerprint density at radius 3 is 2.85 bits per heavy atom. The van der Waals surface area contributed by atoms with Gasteiger partial charge in [-0.2, -0.15) is 0 Å². The minimum absolute atomic E-state index is 0.749. The molecule has 2 heterocycles. The van der Waals surface area contributed by atoms with Crippen LogP contribution in [0.5, 0.6) is 0 Å². The fourth-order valence-electron chi connectivity index (χ4n) is 3.87. The summed E-state index contributed by atoms with van der Waals surface area (Å²) in [4.78, 5) is 7.49. The number of anilines is 1. The summed E-state index contributed by atoms with van der Waals surface area (Å²) in [7, 11) is 0. The fourth-order valence-corrected chi connectivity index (χ4v) is 3.87. The number of hydrogen-bond acceptors (Lipinski definition) is 3. The molecule has 1 aromatic heterocycles. The first kappa shape index (κ1) is 13.9. The summed E-state index contributed by atoms with van der Waals surface area (Å²) in [5.41, 5.74) is 3.95. The average molecular weight is 273 g/mol. The summed E-state index contributed by atoms with van der Waals surface area (Å²) in [5.74, 6) is 2.18. The van der Waals surface area contributed by atoms with Crippen LogP contribution in [-0.2, 0) is 6.54 Å². The summed E-state index contributed by atoms with van der Waals surface area (Å²) in [6, 6.07) is 2.97. The Balaban J connectivity index is 1.87. The van der Waals surface area contributed by atoms with Gasteiger partial charge in [-0.3, -0.25) is 0 Å². The Labute approximate surface area is 122 Å². The number of rotatable bonds is 5. The smallest absolute Gasteiger partial charge is 0.133 e. The van der Waals surface area contributed by atoms with Crippen molar-refractivity contribution in [1.29, 1.82) is 0 Å². The molecule has 20 heavy (non-hydrogen) atoms. The Kier molecular flexibility index (Phi) is 3.97. The van der Waals surface area contributed by atoms with E-state index in [0.29, 0.717) is 0 Å². The van der Waals surface area contributed by atoms with Gasteiger partial charge in [0, 0.05) is 30.4 Å². The van der Waals surface area contributed by atoms with Crippen LogP contribution in [0.2, 0.25) is 0 Å². The van der Waals surface area contributed by atoms with Gasteiger partial charge in [0.15, 0.2) is 0 Å². The lowest BCUT2D eigenvalue weighted by Gasteiger charge is -2.31. The number of piperidine rings is 1. The molecule has 3 nitrogen and oxygen atoms in total. The standard InChI is InChI=1S/C17H27N3/c1-4-7-18-10-16-12(2)8-13(3)19-17(16)20-11-14-5-6-15(20)9-14/h8,14-15,18H,4-7,9-11H2,1-3H3. The molecule has 3 rings (SSSR count). The number of aromatic nitrogens is 1.